The van der Waals surface area contributed by atoms with Gasteiger partial charge >= 0.3 is 6.18 Å². The molecule has 6 nitrogen and oxygen atoms in total. The van der Waals surface area contributed by atoms with Crippen molar-refractivity contribution in [3.8, 4) is 11.5 Å². The predicted octanol–water partition coefficient (Wildman–Crippen LogP) is 6.95. The van der Waals surface area contributed by atoms with Gasteiger partial charge < -0.3 is 20.1 Å². The van der Waals surface area contributed by atoms with Gasteiger partial charge in [-0.25, -0.2) is 4.98 Å². The van der Waals surface area contributed by atoms with E-state index in [1.54, 1.807) is 48.5 Å². The largest absolute Gasteiger partial charge is 0.489 e. The number of benzene rings is 2. The van der Waals surface area contributed by atoms with E-state index in [0.717, 1.165) is 6.20 Å². The van der Waals surface area contributed by atoms with Crippen molar-refractivity contribution in [1.82, 2.24) is 9.97 Å². The lowest BCUT2D eigenvalue weighted by atomic mass is 10.2. The van der Waals surface area contributed by atoms with E-state index in [0.29, 0.717) is 22.9 Å². The first kappa shape index (κ1) is 24.2. The maximum Gasteiger partial charge on any atom is 0.421 e. The number of aromatic nitrogens is 2. The number of alkyl halides is 3. The molecular formula is C24H27F3N4O2. The van der Waals surface area contributed by atoms with Crippen molar-refractivity contribution in [2.75, 3.05) is 10.6 Å². The Morgan fingerprint density at radius 3 is 2.18 bits per heavy atom. The minimum Gasteiger partial charge on any atom is -0.489 e. The minimum absolute atomic E-state index is 0.0113. The van der Waals surface area contributed by atoms with E-state index in [4.69, 9.17) is 9.47 Å². The van der Waals surface area contributed by atoms with Crippen LogP contribution in [0.25, 0.3) is 0 Å². The van der Waals surface area contributed by atoms with Crippen LogP contribution in [-0.4, -0.2) is 21.7 Å². The van der Waals surface area contributed by atoms with Gasteiger partial charge in [0, 0.05) is 11.9 Å². The molecule has 3 rings (SSSR count). The molecule has 9 heteroatoms. The van der Waals surface area contributed by atoms with E-state index in [2.05, 4.69) is 20.6 Å². The van der Waals surface area contributed by atoms with Crippen LogP contribution in [0, 0.1) is 0 Å². The molecular weight excluding hydrogens is 433 g/mol. The summed E-state index contributed by atoms with van der Waals surface area (Å²) in [5, 5.41) is 5.69. The van der Waals surface area contributed by atoms with Crippen molar-refractivity contribution >= 4 is 23.1 Å². The van der Waals surface area contributed by atoms with Gasteiger partial charge in [-0.1, -0.05) is 12.1 Å². The van der Waals surface area contributed by atoms with Crippen molar-refractivity contribution in [2.24, 2.45) is 0 Å². The second-order valence-electron chi connectivity index (χ2n) is 8.61. The molecule has 0 fully saturated rings. The van der Waals surface area contributed by atoms with E-state index < -0.39 is 11.7 Å². The predicted molar refractivity (Wildman–Crippen MR) is 123 cm³/mol. The lowest BCUT2D eigenvalue weighted by Gasteiger charge is -2.21. The molecule has 2 aromatic carbocycles. The summed E-state index contributed by atoms with van der Waals surface area (Å²) in [5.41, 5.74) is -0.362. The molecule has 2 N–H and O–H groups in total. The number of halogens is 3. The first-order valence-corrected chi connectivity index (χ1v) is 10.4. The standard InChI is InChI=1S/C24H27F3N4O2/c1-15(2)32-20-9-7-6-8-19(20)30-21-18(24(25,26)27)14-28-22(31-21)29-16-10-12-17(13-11-16)33-23(3,4)5/h6-15H,1-5H3,(H2,28,29,30,31). The highest BCUT2D eigenvalue weighted by molar-refractivity contribution is 5.67. The summed E-state index contributed by atoms with van der Waals surface area (Å²) >= 11 is 0. The summed E-state index contributed by atoms with van der Waals surface area (Å²) in [4.78, 5) is 7.94. The van der Waals surface area contributed by atoms with E-state index >= 15 is 0 Å². The summed E-state index contributed by atoms with van der Waals surface area (Å²) < 4.78 is 52.3. The fraction of sp³-hybridized carbons (Fsp3) is 0.333. The molecule has 1 aromatic heterocycles. The third-order valence-corrected chi connectivity index (χ3v) is 4.13. The van der Waals surface area contributed by atoms with Gasteiger partial charge in [0.05, 0.1) is 11.8 Å². The Labute approximate surface area is 191 Å². The highest BCUT2D eigenvalue weighted by Crippen LogP contribution is 2.37. The van der Waals surface area contributed by atoms with Crippen LogP contribution in [0.15, 0.2) is 54.7 Å². The number of para-hydroxylation sites is 2. The van der Waals surface area contributed by atoms with Gasteiger partial charge in [-0.2, -0.15) is 18.2 Å². The summed E-state index contributed by atoms with van der Waals surface area (Å²) in [6.07, 6.45) is -4.04. The van der Waals surface area contributed by atoms with Gasteiger partial charge in [-0.3, -0.25) is 0 Å². The maximum absolute atomic E-state index is 13.6. The number of hydrogen-bond donors (Lipinski definition) is 2. The van der Waals surface area contributed by atoms with E-state index in [1.807, 2.05) is 34.6 Å². The molecule has 0 radical (unpaired) electrons. The van der Waals surface area contributed by atoms with Crippen molar-refractivity contribution in [1.29, 1.82) is 0 Å². The van der Waals surface area contributed by atoms with Gasteiger partial charge in [-0.15, -0.1) is 0 Å². The zero-order valence-corrected chi connectivity index (χ0v) is 19.1. The molecule has 0 aliphatic heterocycles. The van der Waals surface area contributed by atoms with Crippen LogP contribution >= 0.6 is 0 Å². The molecule has 0 amide bonds. The summed E-state index contributed by atoms with van der Waals surface area (Å²) in [6.45, 7) is 9.49. The molecule has 176 valence electrons. The fourth-order valence-electron chi connectivity index (χ4n) is 2.89. The van der Waals surface area contributed by atoms with Crippen LogP contribution in [0.4, 0.5) is 36.3 Å². The molecule has 0 saturated carbocycles. The van der Waals surface area contributed by atoms with Crippen LogP contribution in [-0.2, 0) is 6.18 Å². The lowest BCUT2D eigenvalue weighted by Crippen LogP contribution is -2.22. The van der Waals surface area contributed by atoms with E-state index in [-0.39, 0.29) is 23.5 Å². The van der Waals surface area contributed by atoms with E-state index in [9.17, 15) is 13.2 Å². The number of rotatable bonds is 7. The highest BCUT2D eigenvalue weighted by atomic mass is 19.4. The van der Waals surface area contributed by atoms with Crippen molar-refractivity contribution in [3.05, 3.63) is 60.3 Å². The molecule has 3 aromatic rings. The molecule has 1 heterocycles. The van der Waals surface area contributed by atoms with Crippen molar-refractivity contribution < 1.29 is 22.6 Å². The molecule has 0 spiro atoms. The van der Waals surface area contributed by atoms with Crippen molar-refractivity contribution in [3.63, 3.8) is 0 Å². The van der Waals surface area contributed by atoms with Crippen LogP contribution in [0.2, 0.25) is 0 Å². The van der Waals surface area contributed by atoms with Gasteiger partial charge in [-0.05, 0) is 71.0 Å². The van der Waals surface area contributed by atoms with Crippen molar-refractivity contribution in [2.45, 2.75) is 52.5 Å². The molecule has 0 unspecified atom stereocenters. The topological polar surface area (TPSA) is 68.3 Å². The van der Waals surface area contributed by atoms with E-state index in [1.165, 1.54) is 0 Å². The minimum atomic E-state index is -4.64. The Morgan fingerprint density at radius 1 is 0.909 bits per heavy atom. The maximum atomic E-state index is 13.6. The summed E-state index contributed by atoms with van der Waals surface area (Å²) in [5.74, 6) is 0.721. The number of anilines is 4. The summed E-state index contributed by atoms with van der Waals surface area (Å²) in [7, 11) is 0. The molecule has 33 heavy (non-hydrogen) atoms. The van der Waals surface area contributed by atoms with Crippen LogP contribution in [0.5, 0.6) is 11.5 Å². The molecule has 0 bridgehead atoms. The Hall–Kier alpha value is -3.49. The van der Waals surface area contributed by atoms with Gasteiger partial charge in [0.15, 0.2) is 0 Å². The summed E-state index contributed by atoms with van der Waals surface area (Å²) in [6, 6.07) is 13.7. The second-order valence-corrected chi connectivity index (χ2v) is 8.61. The van der Waals surface area contributed by atoms with Gasteiger partial charge in [0.1, 0.15) is 28.5 Å². The second kappa shape index (κ2) is 9.56. The SMILES string of the molecule is CC(C)Oc1ccccc1Nc1nc(Nc2ccc(OC(C)(C)C)cc2)ncc1C(F)(F)F. The third-order valence-electron chi connectivity index (χ3n) is 4.13. The van der Waals surface area contributed by atoms with Crippen LogP contribution in [0.3, 0.4) is 0 Å². The highest BCUT2D eigenvalue weighted by Gasteiger charge is 2.35. The number of nitrogens with one attached hydrogen (secondary N) is 2. The Balaban J connectivity index is 1.88. The van der Waals surface area contributed by atoms with Gasteiger partial charge in [0.2, 0.25) is 5.95 Å². The third kappa shape index (κ3) is 7.00. The first-order valence-electron chi connectivity index (χ1n) is 10.4. The smallest absolute Gasteiger partial charge is 0.421 e. The number of hydrogen-bond acceptors (Lipinski definition) is 6. The van der Waals surface area contributed by atoms with Crippen LogP contribution in [0.1, 0.15) is 40.2 Å². The zero-order chi connectivity index (χ0) is 24.2. The quantitative estimate of drug-likeness (QED) is 0.398. The Bertz CT molecular complexity index is 1080. The van der Waals surface area contributed by atoms with Gasteiger partial charge in [0.25, 0.3) is 0 Å². The normalized spacial score (nSPS) is 11.9. The monoisotopic (exact) mass is 460 g/mol. The number of nitrogens with zero attached hydrogens (tertiary/aromatic N) is 2. The average Bonchev–Trinajstić information content (AvgIpc) is 2.69. The lowest BCUT2D eigenvalue weighted by molar-refractivity contribution is -0.137. The molecule has 0 aliphatic carbocycles. The first-order chi connectivity index (χ1) is 15.4. The molecule has 0 aliphatic rings. The Kier molecular flexibility index (Phi) is 7.00. The Morgan fingerprint density at radius 2 is 1.58 bits per heavy atom. The molecule has 0 saturated heterocycles. The zero-order valence-electron chi connectivity index (χ0n) is 19.1. The average molecular weight is 461 g/mol. The number of ether oxygens (including phenoxy) is 2. The van der Waals surface area contributed by atoms with Crippen LogP contribution < -0.4 is 20.1 Å². The molecule has 0 atom stereocenters. The fourth-order valence-corrected chi connectivity index (χ4v) is 2.89.